The lowest BCUT2D eigenvalue weighted by atomic mass is 10.3. The van der Waals surface area contributed by atoms with E-state index in [1.165, 1.54) is 5.56 Å². The SMILES string of the molecule is CCOCC(O)CN(C)Cc1ccsc1. The molecule has 3 nitrogen and oxygen atoms in total. The van der Waals surface area contributed by atoms with Crippen molar-refractivity contribution in [3.8, 4) is 0 Å². The molecule has 1 atom stereocenters. The molecule has 0 aliphatic rings. The van der Waals surface area contributed by atoms with Gasteiger partial charge >= 0.3 is 0 Å². The molecule has 0 aromatic carbocycles. The Bertz CT molecular complexity index is 251. The van der Waals surface area contributed by atoms with Crippen LogP contribution in [0, 0.1) is 0 Å². The van der Waals surface area contributed by atoms with Crippen molar-refractivity contribution in [2.75, 3.05) is 26.8 Å². The monoisotopic (exact) mass is 229 g/mol. The summed E-state index contributed by atoms with van der Waals surface area (Å²) in [5.41, 5.74) is 1.30. The van der Waals surface area contributed by atoms with Gasteiger partial charge in [-0.1, -0.05) is 0 Å². The summed E-state index contributed by atoms with van der Waals surface area (Å²) < 4.78 is 5.16. The van der Waals surface area contributed by atoms with Crippen molar-refractivity contribution in [2.24, 2.45) is 0 Å². The summed E-state index contributed by atoms with van der Waals surface area (Å²) in [5, 5.41) is 13.8. The highest BCUT2D eigenvalue weighted by molar-refractivity contribution is 7.07. The van der Waals surface area contributed by atoms with Gasteiger partial charge in [-0.3, -0.25) is 4.90 Å². The molecule has 1 aromatic heterocycles. The molecular formula is C11H19NO2S. The number of likely N-dealkylation sites (N-methyl/N-ethyl adjacent to an activating group) is 1. The van der Waals surface area contributed by atoms with Crippen molar-refractivity contribution in [3.63, 3.8) is 0 Å². The van der Waals surface area contributed by atoms with E-state index in [-0.39, 0.29) is 0 Å². The van der Waals surface area contributed by atoms with Crippen LogP contribution in [0.25, 0.3) is 0 Å². The molecule has 0 amide bonds. The van der Waals surface area contributed by atoms with E-state index in [0.29, 0.717) is 19.8 Å². The first-order chi connectivity index (χ1) is 7.22. The summed E-state index contributed by atoms with van der Waals surface area (Å²) >= 11 is 1.70. The van der Waals surface area contributed by atoms with Crippen LogP contribution < -0.4 is 0 Å². The van der Waals surface area contributed by atoms with Gasteiger partial charge in [0.1, 0.15) is 0 Å². The molecule has 0 aliphatic heterocycles. The lowest BCUT2D eigenvalue weighted by Crippen LogP contribution is -2.31. The van der Waals surface area contributed by atoms with E-state index in [0.717, 1.165) is 6.54 Å². The summed E-state index contributed by atoms with van der Waals surface area (Å²) in [6.45, 7) is 4.54. The van der Waals surface area contributed by atoms with Crippen molar-refractivity contribution < 1.29 is 9.84 Å². The Morgan fingerprint density at radius 1 is 1.60 bits per heavy atom. The average Bonchev–Trinajstić information content (AvgIpc) is 2.67. The van der Waals surface area contributed by atoms with Crippen LogP contribution in [0.5, 0.6) is 0 Å². The molecule has 0 saturated heterocycles. The highest BCUT2D eigenvalue weighted by Crippen LogP contribution is 2.08. The fourth-order valence-electron chi connectivity index (χ4n) is 1.43. The van der Waals surface area contributed by atoms with Gasteiger partial charge in [-0.05, 0) is 36.4 Å². The minimum Gasteiger partial charge on any atom is -0.389 e. The Hall–Kier alpha value is -0.420. The molecule has 0 spiro atoms. The van der Waals surface area contributed by atoms with Gasteiger partial charge in [0.25, 0.3) is 0 Å². The van der Waals surface area contributed by atoms with Crippen LogP contribution in [-0.2, 0) is 11.3 Å². The highest BCUT2D eigenvalue weighted by atomic mass is 32.1. The van der Waals surface area contributed by atoms with E-state index in [9.17, 15) is 5.11 Å². The number of aliphatic hydroxyl groups excluding tert-OH is 1. The van der Waals surface area contributed by atoms with Crippen LogP contribution in [0.2, 0.25) is 0 Å². The lowest BCUT2D eigenvalue weighted by Gasteiger charge is -2.19. The standard InChI is InChI=1S/C11H19NO2S/c1-3-14-8-11(13)7-12(2)6-10-4-5-15-9-10/h4-5,9,11,13H,3,6-8H2,1-2H3. The number of rotatable bonds is 7. The first kappa shape index (κ1) is 12.6. The molecule has 1 rings (SSSR count). The first-order valence-electron chi connectivity index (χ1n) is 5.17. The van der Waals surface area contributed by atoms with Crippen LogP contribution in [0.3, 0.4) is 0 Å². The largest absolute Gasteiger partial charge is 0.389 e. The second-order valence-corrected chi connectivity index (χ2v) is 4.42. The third-order valence-electron chi connectivity index (χ3n) is 2.07. The number of hydrogen-bond acceptors (Lipinski definition) is 4. The van der Waals surface area contributed by atoms with Crippen molar-refractivity contribution in [1.82, 2.24) is 4.90 Å². The van der Waals surface area contributed by atoms with Crippen LogP contribution >= 0.6 is 11.3 Å². The number of nitrogens with zero attached hydrogens (tertiary/aromatic N) is 1. The molecule has 1 heterocycles. The maximum atomic E-state index is 9.62. The lowest BCUT2D eigenvalue weighted by molar-refractivity contribution is 0.0244. The van der Waals surface area contributed by atoms with Crippen LogP contribution in [-0.4, -0.2) is 42.9 Å². The Labute approximate surface area is 95.3 Å². The number of hydrogen-bond donors (Lipinski definition) is 1. The summed E-state index contributed by atoms with van der Waals surface area (Å²) in [5.74, 6) is 0. The van der Waals surface area contributed by atoms with Crippen molar-refractivity contribution >= 4 is 11.3 Å². The third-order valence-corrected chi connectivity index (χ3v) is 2.80. The zero-order valence-corrected chi connectivity index (χ0v) is 10.2. The molecule has 1 N–H and O–H groups in total. The number of ether oxygens (including phenoxy) is 1. The van der Waals surface area contributed by atoms with E-state index in [4.69, 9.17) is 4.74 Å². The van der Waals surface area contributed by atoms with Gasteiger partial charge < -0.3 is 9.84 Å². The zero-order chi connectivity index (χ0) is 11.1. The third kappa shape index (κ3) is 5.28. The van der Waals surface area contributed by atoms with Crippen molar-refractivity contribution in [3.05, 3.63) is 22.4 Å². The molecule has 0 saturated carbocycles. The smallest absolute Gasteiger partial charge is 0.0900 e. The van der Waals surface area contributed by atoms with Crippen molar-refractivity contribution in [1.29, 1.82) is 0 Å². The first-order valence-corrected chi connectivity index (χ1v) is 6.12. The van der Waals surface area contributed by atoms with Gasteiger partial charge in [-0.15, -0.1) is 0 Å². The van der Waals surface area contributed by atoms with Crippen molar-refractivity contribution in [2.45, 2.75) is 19.6 Å². The molecule has 0 radical (unpaired) electrons. The predicted molar refractivity (Wildman–Crippen MR) is 63.2 cm³/mol. The molecule has 15 heavy (non-hydrogen) atoms. The van der Waals surface area contributed by atoms with Gasteiger partial charge in [-0.25, -0.2) is 0 Å². The van der Waals surface area contributed by atoms with Crippen LogP contribution in [0.1, 0.15) is 12.5 Å². The number of thiophene rings is 1. The Balaban J connectivity index is 2.20. The maximum absolute atomic E-state index is 9.62. The molecule has 86 valence electrons. The molecule has 1 unspecified atom stereocenters. The zero-order valence-electron chi connectivity index (χ0n) is 9.35. The minimum absolute atomic E-state index is 0.395. The molecule has 0 bridgehead atoms. The Morgan fingerprint density at radius 3 is 3.00 bits per heavy atom. The quantitative estimate of drug-likeness (QED) is 0.770. The second kappa shape index (κ2) is 6.95. The van der Waals surface area contributed by atoms with E-state index in [1.54, 1.807) is 11.3 Å². The Morgan fingerprint density at radius 2 is 2.40 bits per heavy atom. The van der Waals surface area contributed by atoms with E-state index in [2.05, 4.69) is 21.7 Å². The molecule has 4 heteroatoms. The topological polar surface area (TPSA) is 32.7 Å². The fraction of sp³-hybridized carbons (Fsp3) is 0.636. The van der Waals surface area contributed by atoms with E-state index >= 15 is 0 Å². The molecule has 0 fully saturated rings. The summed E-state index contributed by atoms with van der Waals surface area (Å²) in [4.78, 5) is 2.10. The minimum atomic E-state index is -0.395. The van der Waals surface area contributed by atoms with E-state index < -0.39 is 6.10 Å². The summed E-state index contributed by atoms with van der Waals surface area (Å²) in [7, 11) is 2.01. The highest BCUT2D eigenvalue weighted by Gasteiger charge is 2.08. The number of aliphatic hydroxyl groups is 1. The summed E-state index contributed by atoms with van der Waals surface area (Å²) in [6, 6.07) is 2.11. The second-order valence-electron chi connectivity index (χ2n) is 3.64. The van der Waals surface area contributed by atoms with Gasteiger partial charge in [0.05, 0.1) is 12.7 Å². The molecule has 1 aromatic rings. The predicted octanol–water partition coefficient (Wildman–Crippen LogP) is 1.58. The van der Waals surface area contributed by atoms with Gasteiger partial charge in [0, 0.05) is 19.7 Å². The molecule has 0 aliphatic carbocycles. The van der Waals surface area contributed by atoms with Gasteiger partial charge in [0.2, 0.25) is 0 Å². The maximum Gasteiger partial charge on any atom is 0.0900 e. The van der Waals surface area contributed by atoms with Gasteiger partial charge in [0.15, 0.2) is 0 Å². The van der Waals surface area contributed by atoms with E-state index in [1.807, 2.05) is 14.0 Å². The normalized spacial score (nSPS) is 13.3. The average molecular weight is 229 g/mol. The molecular weight excluding hydrogens is 210 g/mol. The fourth-order valence-corrected chi connectivity index (χ4v) is 2.09. The van der Waals surface area contributed by atoms with Crippen LogP contribution in [0.15, 0.2) is 16.8 Å². The summed E-state index contributed by atoms with van der Waals surface area (Å²) in [6.07, 6.45) is -0.395. The van der Waals surface area contributed by atoms with Gasteiger partial charge in [-0.2, -0.15) is 11.3 Å². The van der Waals surface area contributed by atoms with Crippen LogP contribution in [0.4, 0.5) is 0 Å². The Kier molecular flexibility index (Phi) is 5.86.